The van der Waals surface area contributed by atoms with Crippen molar-refractivity contribution in [3.8, 4) is 0 Å². The van der Waals surface area contributed by atoms with Crippen LogP contribution in [0.5, 0.6) is 0 Å². The summed E-state index contributed by atoms with van der Waals surface area (Å²) in [7, 11) is 0. The van der Waals surface area contributed by atoms with E-state index in [0.29, 0.717) is 6.61 Å². The molecule has 0 amide bonds. The second kappa shape index (κ2) is 7.11. The predicted molar refractivity (Wildman–Crippen MR) is 74.5 cm³/mol. The normalized spacial score (nSPS) is 21.9. The third-order valence-corrected chi connectivity index (χ3v) is 3.70. The van der Waals surface area contributed by atoms with Crippen LogP contribution < -0.4 is 5.73 Å². The number of nitrogens with zero attached hydrogens (tertiary/aromatic N) is 1. The first kappa shape index (κ1) is 15.4. The van der Waals surface area contributed by atoms with Crippen LogP contribution in [0.25, 0.3) is 0 Å². The molecule has 1 aliphatic rings. The molecular formula is C15H22F2N2O. The van der Waals surface area contributed by atoms with E-state index in [0.717, 1.165) is 26.1 Å². The third-order valence-electron chi connectivity index (χ3n) is 3.70. The van der Waals surface area contributed by atoms with Crippen LogP contribution in [0.3, 0.4) is 0 Å². The summed E-state index contributed by atoms with van der Waals surface area (Å²) in [5.41, 5.74) is 6.14. The number of morpholine rings is 1. The van der Waals surface area contributed by atoms with E-state index in [9.17, 15) is 8.78 Å². The lowest BCUT2D eigenvalue weighted by Crippen LogP contribution is -2.51. The van der Waals surface area contributed by atoms with Crippen molar-refractivity contribution in [1.29, 1.82) is 0 Å². The minimum atomic E-state index is -0.540. The van der Waals surface area contributed by atoms with Gasteiger partial charge < -0.3 is 10.5 Å². The van der Waals surface area contributed by atoms with Gasteiger partial charge in [-0.15, -0.1) is 0 Å². The molecule has 2 rings (SSSR count). The number of halogens is 2. The van der Waals surface area contributed by atoms with Crippen LogP contribution >= 0.6 is 0 Å². The van der Waals surface area contributed by atoms with Gasteiger partial charge in [0.25, 0.3) is 0 Å². The van der Waals surface area contributed by atoms with Crippen molar-refractivity contribution < 1.29 is 13.5 Å². The van der Waals surface area contributed by atoms with Crippen molar-refractivity contribution in [2.75, 3.05) is 26.2 Å². The molecule has 0 aliphatic carbocycles. The molecule has 1 aliphatic heterocycles. The van der Waals surface area contributed by atoms with Crippen LogP contribution in [0, 0.1) is 11.6 Å². The average Bonchev–Trinajstić information content (AvgIpc) is 2.43. The maximum atomic E-state index is 13.6. The first-order valence-electron chi connectivity index (χ1n) is 7.14. The summed E-state index contributed by atoms with van der Waals surface area (Å²) < 4.78 is 32.9. The lowest BCUT2D eigenvalue weighted by atomic mass is 10.00. The fourth-order valence-corrected chi connectivity index (χ4v) is 2.60. The minimum Gasteiger partial charge on any atom is -0.374 e. The van der Waals surface area contributed by atoms with Crippen molar-refractivity contribution in [2.45, 2.75) is 31.9 Å². The van der Waals surface area contributed by atoms with E-state index in [4.69, 9.17) is 10.5 Å². The molecular weight excluding hydrogens is 262 g/mol. The van der Waals surface area contributed by atoms with E-state index >= 15 is 0 Å². The van der Waals surface area contributed by atoms with Crippen molar-refractivity contribution in [3.05, 3.63) is 35.4 Å². The Morgan fingerprint density at radius 1 is 1.40 bits per heavy atom. The summed E-state index contributed by atoms with van der Waals surface area (Å²) in [6.45, 7) is 5.37. The van der Waals surface area contributed by atoms with Gasteiger partial charge in [0, 0.05) is 24.7 Å². The fourth-order valence-electron chi connectivity index (χ4n) is 2.60. The first-order valence-corrected chi connectivity index (χ1v) is 7.14. The van der Waals surface area contributed by atoms with Crippen molar-refractivity contribution in [2.24, 2.45) is 5.73 Å². The van der Waals surface area contributed by atoms with Crippen molar-refractivity contribution >= 4 is 0 Å². The summed E-state index contributed by atoms with van der Waals surface area (Å²) in [5, 5.41) is 0. The Balaban J connectivity index is 1.99. The van der Waals surface area contributed by atoms with E-state index in [1.165, 1.54) is 18.2 Å². The number of ether oxygens (including phenoxy) is 1. The molecule has 0 bridgehead atoms. The summed E-state index contributed by atoms with van der Waals surface area (Å²) in [5.74, 6) is -1.08. The second-order valence-corrected chi connectivity index (χ2v) is 5.28. The van der Waals surface area contributed by atoms with Crippen LogP contribution in [0.15, 0.2) is 18.2 Å². The topological polar surface area (TPSA) is 38.5 Å². The highest BCUT2D eigenvalue weighted by molar-refractivity contribution is 5.21. The quantitative estimate of drug-likeness (QED) is 0.898. The lowest BCUT2D eigenvalue weighted by molar-refractivity contribution is -0.0402. The Bertz CT molecular complexity index is 420. The molecule has 1 heterocycles. The average molecular weight is 284 g/mol. The van der Waals surface area contributed by atoms with E-state index < -0.39 is 17.7 Å². The highest BCUT2D eigenvalue weighted by Crippen LogP contribution is 2.17. The lowest BCUT2D eigenvalue weighted by Gasteiger charge is -2.35. The summed E-state index contributed by atoms with van der Waals surface area (Å²) >= 11 is 0. The molecule has 112 valence electrons. The smallest absolute Gasteiger partial charge is 0.129 e. The van der Waals surface area contributed by atoms with Crippen LogP contribution in [0.2, 0.25) is 0 Å². The molecule has 0 radical (unpaired) electrons. The number of benzene rings is 1. The zero-order valence-corrected chi connectivity index (χ0v) is 11.8. The number of nitrogens with two attached hydrogens (primary N) is 1. The molecule has 20 heavy (non-hydrogen) atoms. The zero-order chi connectivity index (χ0) is 14.5. The Labute approximate surface area is 118 Å². The second-order valence-electron chi connectivity index (χ2n) is 5.28. The van der Waals surface area contributed by atoms with Crippen molar-refractivity contribution in [3.63, 3.8) is 0 Å². The molecule has 1 aromatic carbocycles. The molecule has 0 aromatic heterocycles. The van der Waals surface area contributed by atoms with Gasteiger partial charge >= 0.3 is 0 Å². The maximum absolute atomic E-state index is 13.6. The summed E-state index contributed by atoms with van der Waals surface area (Å²) in [6.07, 6.45) is 1.06. The summed E-state index contributed by atoms with van der Waals surface area (Å²) in [4.78, 5) is 2.28. The monoisotopic (exact) mass is 284 g/mol. The third kappa shape index (κ3) is 3.75. The van der Waals surface area contributed by atoms with E-state index in [1.807, 2.05) is 0 Å². The van der Waals surface area contributed by atoms with Crippen LogP contribution in [0.4, 0.5) is 8.78 Å². The molecule has 0 saturated carbocycles. The molecule has 2 N–H and O–H groups in total. The Morgan fingerprint density at radius 2 is 2.10 bits per heavy atom. The molecule has 1 aromatic rings. The van der Waals surface area contributed by atoms with E-state index in [1.54, 1.807) is 0 Å². The Morgan fingerprint density at radius 3 is 2.75 bits per heavy atom. The molecule has 2 unspecified atom stereocenters. The van der Waals surface area contributed by atoms with Crippen LogP contribution in [-0.2, 0) is 11.2 Å². The minimum absolute atomic E-state index is 0.0521. The number of rotatable bonds is 5. The Hall–Kier alpha value is -1.04. The highest BCUT2D eigenvalue weighted by Gasteiger charge is 2.27. The zero-order valence-electron chi connectivity index (χ0n) is 11.8. The van der Waals surface area contributed by atoms with Gasteiger partial charge in [0.2, 0.25) is 0 Å². The first-order chi connectivity index (χ1) is 9.61. The van der Waals surface area contributed by atoms with Gasteiger partial charge in [-0.3, -0.25) is 4.90 Å². The molecule has 5 heteroatoms. The number of hydrogen-bond donors (Lipinski definition) is 1. The van der Waals surface area contributed by atoms with Gasteiger partial charge in [-0.1, -0.05) is 13.0 Å². The van der Waals surface area contributed by atoms with Crippen molar-refractivity contribution in [1.82, 2.24) is 4.90 Å². The Kier molecular flexibility index (Phi) is 5.46. The van der Waals surface area contributed by atoms with Gasteiger partial charge in [-0.05, 0) is 31.5 Å². The highest BCUT2D eigenvalue weighted by atomic mass is 19.1. The molecule has 0 spiro atoms. The summed E-state index contributed by atoms with van der Waals surface area (Å²) in [6, 6.07) is 3.48. The van der Waals surface area contributed by atoms with Gasteiger partial charge in [0.1, 0.15) is 11.6 Å². The van der Waals surface area contributed by atoms with Gasteiger partial charge in [-0.2, -0.15) is 0 Å². The predicted octanol–water partition coefficient (Wildman–Crippen LogP) is 1.95. The maximum Gasteiger partial charge on any atom is 0.129 e. The van der Waals surface area contributed by atoms with Gasteiger partial charge in [0.15, 0.2) is 0 Å². The largest absolute Gasteiger partial charge is 0.374 e. The van der Waals surface area contributed by atoms with Gasteiger partial charge in [-0.25, -0.2) is 8.78 Å². The molecule has 2 atom stereocenters. The standard InChI is InChI=1S/C15H22F2N2O/c1-2-6-19-7-8-20-15(10-19)14(18)9-11-12(16)4-3-5-13(11)17/h3-5,14-15H,2,6-10,18H2,1H3. The fraction of sp³-hybridized carbons (Fsp3) is 0.600. The molecule has 3 nitrogen and oxygen atoms in total. The SMILES string of the molecule is CCCN1CCOC(C(N)Cc2c(F)cccc2F)C1. The molecule has 1 saturated heterocycles. The van der Waals surface area contributed by atoms with E-state index in [2.05, 4.69) is 11.8 Å². The van der Waals surface area contributed by atoms with E-state index in [-0.39, 0.29) is 18.1 Å². The molecule has 1 fully saturated rings. The van der Waals surface area contributed by atoms with Crippen LogP contribution in [0.1, 0.15) is 18.9 Å². The number of hydrogen-bond acceptors (Lipinski definition) is 3. The van der Waals surface area contributed by atoms with Crippen LogP contribution in [-0.4, -0.2) is 43.3 Å². The van der Waals surface area contributed by atoms with Gasteiger partial charge in [0.05, 0.1) is 12.7 Å².